The van der Waals surface area contributed by atoms with Gasteiger partial charge in [-0.3, -0.25) is 4.90 Å². The van der Waals surface area contributed by atoms with Crippen LogP contribution in [0.1, 0.15) is 22.3 Å². The zero-order valence-corrected chi connectivity index (χ0v) is 12.7. The molecule has 1 aliphatic rings. The smallest absolute Gasteiger partial charge is 0.0342 e. The van der Waals surface area contributed by atoms with Crippen molar-refractivity contribution in [3.05, 3.63) is 34.4 Å². The van der Waals surface area contributed by atoms with E-state index in [2.05, 4.69) is 55.5 Å². The van der Waals surface area contributed by atoms with Gasteiger partial charge in [-0.15, -0.1) is 0 Å². The standard InChI is InChI=1S/C16H27N3/c1-12-7-14(3)15(8-13(12)2)9-18-11-16-10-17-5-6-19(16)4/h7-8,16-18H,5-6,9-11H2,1-4H3. The molecule has 0 bridgehead atoms. The Kier molecular flexibility index (Phi) is 4.97. The number of likely N-dealkylation sites (N-methyl/N-ethyl adjacent to an activating group) is 1. The molecule has 3 heteroatoms. The monoisotopic (exact) mass is 261 g/mol. The van der Waals surface area contributed by atoms with E-state index in [0.29, 0.717) is 6.04 Å². The lowest BCUT2D eigenvalue weighted by atomic mass is 10.0. The lowest BCUT2D eigenvalue weighted by Crippen LogP contribution is -2.53. The van der Waals surface area contributed by atoms with Crippen molar-refractivity contribution < 1.29 is 0 Å². The van der Waals surface area contributed by atoms with Crippen molar-refractivity contribution in [3.8, 4) is 0 Å². The number of nitrogens with zero attached hydrogens (tertiary/aromatic N) is 1. The van der Waals surface area contributed by atoms with Crippen LogP contribution in [0.3, 0.4) is 0 Å². The predicted molar refractivity (Wildman–Crippen MR) is 81.6 cm³/mol. The molecule has 0 amide bonds. The SMILES string of the molecule is Cc1cc(C)c(CNCC2CNCCN2C)cc1C. The largest absolute Gasteiger partial charge is 0.314 e. The predicted octanol–water partition coefficient (Wildman–Crippen LogP) is 1.61. The molecule has 1 aromatic rings. The van der Waals surface area contributed by atoms with Crippen LogP contribution in [0.15, 0.2) is 12.1 Å². The van der Waals surface area contributed by atoms with Gasteiger partial charge in [0.15, 0.2) is 0 Å². The van der Waals surface area contributed by atoms with Gasteiger partial charge in [0.1, 0.15) is 0 Å². The maximum absolute atomic E-state index is 3.61. The topological polar surface area (TPSA) is 27.3 Å². The normalized spacial score (nSPS) is 20.7. The van der Waals surface area contributed by atoms with E-state index in [-0.39, 0.29) is 0 Å². The second-order valence-corrected chi connectivity index (χ2v) is 5.83. The Bertz CT molecular complexity index is 428. The summed E-state index contributed by atoms with van der Waals surface area (Å²) in [6.07, 6.45) is 0. The van der Waals surface area contributed by atoms with Crippen molar-refractivity contribution in [1.82, 2.24) is 15.5 Å². The average molecular weight is 261 g/mol. The molecule has 1 heterocycles. The van der Waals surface area contributed by atoms with Crippen LogP contribution in [0.2, 0.25) is 0 Å². The van der Waals surface area contributed by atoms with Crippen LogP contribution in [-0.4, -0.2) is 44.2 Å². The van der Waals surface area contributed by atoms with E-state index in [1.54, 1.807) is 0 Å². The van der Waals surface area contributed by atoms with Crippen molar-refractivity contribution in [2.45, 2.75) is 33.4 Å². The summed E-state index contributed by atoms with van der Waals surface area (Å²) in [7, 11) is 2.22. The van der Waals surface area contributed by atoms with Crippen molar-refractivity contribution in [1.29, 1.82) is 0 Å². The summed E-state index contributed by atoms with van der Waals surface area (Å²) < 4.78 is 0. The van der Waals surface area contributed by atoms with Crippen LogP contribution in [0.4, 0.5) is 0 Å². The van der Waals surface area contributed by atoms with Crippen LogP contribution in [0.25, 0.3) is 0 Å². The molecule has 1 atom stereocenters. The van der Waals surface area contributed by atoms with Gasteiger partial charge in [0, 0.05) is 38.8 Å². The molecular formula is C16H27N3. The second kappa shape index (κ2) is 6.51. The van der Waals surface area contributed by atoms with Gasteiger partial charge in [0.25, 0.3) is 0 Å². The highest BCUT2D eigenvalue weighted by Gasteiger charge is 2.17. The lowest BCUT2D eigenvalue weighted by molar-refractivity contribution is 0.195. The van der Waals surface area contributed by atoms with Gasteiger partial charge in [-0.05, 0) is 50.1 Å². The first-order chi connectivity index (χ1) is 9.08. The molecular weight excluding hydrogens is 234 g/mol. The van der Waals surface area contributed by atoms with Gasteiger partial charge in [-0.2, -0.15) is 0 Å². The molecule has 19 heavy (non-hydrogen) atoms. The fraction of sp³-hybridized carbons (Fsp3) is 0.625. The van der Waals surface area contributed by atoms with Crippen molar-refractivity contribution in [2.24, 2.45) is 0 Å². The molecule has 1 aromatic carbocycles. The lowest BCUT2D eigenvalue weighted by Gasteiger charge is -2.33. The van der Waals surface area contributed by atoms with Crippen molar-refractivity contribution in [3.63, 3.8) is 0 Å². The van der Waals surface area contributed by atoms with Crippen LogP contribution in [-0.2, 0) is 6.54 Å². The highest BCUT2D eigenvalue weighted by Crippen LogP contribution is 2.15. The van der Waals surface area contributed by atoms with Crippen LogP contribution < -0.4 is 10.6 Å². The third kappa shape index (κ3) is 3.78. The Morgan fingerprint density at radius 3 is 2.68 bits per heavy atom. The Morgan fingerprint density at radius 2 is 1.95 bits per heavy atom. The molecule has 0 spiro atoms. The molecule has 2 N–H and O–H groups in total. The minimum Gasteiger partial charge on any atom is -0.314 e. The zero-order chi connectivity index (χ0) is 13.8. The molecule has 0 aliphatic carbocycles. The first kappa shape index (κ1) is 14.5. The first-order valence-electron chi connectivity index (χ1n) is 7.26. The fourth-order valence-electron chi connectivity index (χ4n) is 2.67. The molecule has 0 saturated carbocycles. The molecule has 106 valence electrons. The average Bonchev–Trinajstić information content (AvgIpc) is 2.38. The molecule has 1 unspecified atom stereocenters. The second-order valence-electron chi connectivity index (χ2n) is 5.83. The number of benzene rings is 1. The van der Waals surface area contributed by atoms with E-state index in [9.17, 15) is 0 Å². The summed E-state index contributed by atoms with van der Waals surface area (Å²) in [5, 5.41) is 7.07. The molecule has 2 rings (SSSR count). The summed E-state index contributed by atoms with van der Waals surface area (Å²) in [4.78, 5) is 2.44. The van der Waals surface area contributed by atoms with E-state index >= 15 is 0 Å². The molecule has 0 radical (unpaired) electrons. The Labute approximate surface area is 117 Å². The number of hydrogen-bond acceptors (Lipinski definition) is 3. The van der Waals surface area contributed by atoms with Gasteiger partial charge in [0.2, 0.25) is 0 Å². The van der Waals surface area contributed by atoms with E-state index < -0.39 is 0 Å². The van der Waals surface area contributed by atoms with E-state index in [0.717, 1.165) is 32.7 Å². The number of piperazine rings is 1. The highest BCUT2D eigenvalue weighted by atomic mass is 15.2. The van der Waals surface area contributed by atoms with Crippen LogP contribution in [0.5, 0.6) is 0 Å². The van der Waals surface area contributed by atoms with E-state index in [1.807, 2.05) is 0 Å². The summed E-state index contributed by atoms with van der Waals surface area (Å²) in [5.41, 5.74) is 5.59. The summed E-state index contributed by atoms with van der Waals surface area (Å²) in [6, 6.07) is 5.22. The van der Waals surface area contributed by atoms with Crippen LogP contribution >= 0.6 is 0 Å². The Hall–Kier alpha value is -0.900. The first-order valence-corrected chi connectivity index (χ1v) is 7.26. The number of aryl methyl sites for hydroxylation is 3. The fourth-order valence-corrected chi connectivity index (χ4v) is 2.67. The minimum atomic E-state index is 0.612. The third-order valence-corrected chi connectivity index (χ3v) is 4.29. The highest BCUT2D eigenvalue weighted by molar-refractivity contribution is 5.36. The zero-order valence-electron chi connectivity index (χ0n) is 12.7. The quantitative estimate of drug-likeness (QED) is 0.862. The van der Waals surface area contributed by atoms with Crippen molar-refractivity contribution >= 4 is 0 Å². The maximum atomic E-state index is 3.61. The Balaban J connectivity index is 1.87. The van der Waals surface area contributed by atoms with Gasteiger partial charge < -0.3 is 10.6 Å². The van der Waals surface area contributed by atoms with Gasteiger partial charge in [0.05, 0.1) is 0 Å². The summed E-state index contributed by atoms with van der Waals surface area (Å²) >= 11 is 0. The van der Waals surface area contributed by atoms with Gasteiger partial charge in [-0.25, -0.2) is 0 Å². The Morgan fingerprint density at radius 1 is 1.21 bits per heavy atom. The molecule has 0 aromatic heterocycles. The number of nitrogens with one attached hydrogen (secondary N) is 2. The van der Waals surface area contributed by atoms with Gasteiger partial charge in [-0.1, -0.05) is 12.1 Å². The summed E-state index contributed by atoms with van der Waals surface area (Å²) in [6.45, 7) is 12.0. The summed E-state index contributed by atoms with van der Waals surface area (Å²) in [5.74, 6) is 0. The van der Waals surface area contributed by atoms with Gasteiger partial charge >= 0.3 is 0 Å². The molecule has 1 fully saturated rings. The van der Waals surface area contributed by atoms with Crippen LogP contribution in [0, 0.1) is 20.8 Å². The van der Waals surface area contributed by atoms with Crippen molar-refractivity contribution in [2.75, 3.05) is 33.2 Å². The minimum absolute atomic E-state index is 0.612. The maximum Gasteiger partial charge on any atom is 0.0342 e. The third-order valence-electron chi connectivity index (χ3n) is 4.29. The molecule has 1 saturated heterocycles. The molecule has 1 aliphatic heterocycles. The van der Waals surface area contributed by atoms with E-state index in [4.69, 9.17) is 0 Å². The number of hydrogen-bond donors (Lipinski definition) is 2. The van der Waals surface area contributed by atoms with E-state index in [1.165, 1.54) is 22.3 Å². The number of rotatable bonds is 4. The molecule has 3 nitrogen and oxygen atoms in total.